The van der Waals surface area contributed by atoms with Crippen molar-refractivity contribution in [1.82, 2.24) is 0 Å². The molecule has 5 heteroatoms. The molecule has 8 atom stereocenters. The quantitative estimate of drug-likeness (QED) is 0.489. The molecule has 0 bridgehead atoms. The van der Waals surface area contributed by atoms with Crippen LogP contribution in [-0.2, 0) is 4.79 Å². The predicted molar refractivity (Wildman–Crippen MR) is 91.4 cm³/mol. The average Bonchev–Trinajstić information content (AvgIpc) is 2.91. The van der Waals surface area contributed by atoms with E-state index >= 15 is 0 Å². The van der Waals surface area contributed by atoms with Gasteiger partial charge in [0.25, 0.3) is 0 Å². The van der Waals surface area contributed by atoms with Gasteiger partial charge >= 0.3 is 0 Å². The highest BCUT2D eigenvalue weighted by atomic mass is 16.4. The Balaban J connectivity index is 1.95. The molecule has 0 radical (unpaired) electrons. The molecule has 4 aliphatic carbocycles. The maximum Gasteiger partial charge on any atom is 0.190 e. The zero-order chi connectivity index (χ0) is 18.7. The van der Waals surface area contributed by atoms with Crippen molar-refractivity contribution >= 4 is 5.78 Å². The second-order valence-electron chi connectivity index (χ2n) is 9.44. The minimum atomic E-state index is -1.68. The molecule has 0 saturated heterocycles. The van der Waals surface area contributed by atoms with Crippen LogP contribution in [0.3, 0.4) is 0 Å². The van der Waals surface area contributed by atoms with Gasteiger partial charge in [0.2, 0.25) is 0 Å². The van der Waals surface area contributed by atoms with Crippen molar-refractivity contribution in [2.45, 2.75) is 63.9 Å². The lowest BCUT2D eigenvalue weighted by atomic mass is 9.59. The molecular formula is C20H28O5. The van der Waals surface area contributed by atoms with Gasteiger partial charge in [-0.2, -0.15) is 0 Å². The highest BCUT2D eigenvalue weighted by Crippen LogP contribution is 2.74. The number of carbonyl (C=O) groups is 1. The lowest BCUT2D eigenvalue weighted by molar-refractivity contribution is -0.209. The van der Waals surface area contributed by atoms with Gasteiger partial charge in [-0.1, -0.05) is 38.5 Å². The number of hydrogen-bond donors (Lipinski definition) is 4. The molecule has 138 valence electrons. The Morgan fingerprint density at radius 1 is 1.12 bits per heavy atom. The van der Waals surface area contributed by atoms with E-state index in [-0.39, 0.29) is 18.1 Å². The Morgan fingerprint density at radius 2 is 1.72 bits per heavy atom. The van der Waals surface area contributed by atoms with E-state index in [2.05, 4.69) is 0 Å². The Morgan fingerprint density at radius 3 is 2.32 bits per heavy atom. The van der Waals surface area contributed by atoms with Crippen LogP contribution in [0.1, 0.15) is 41.0 Å². The van der Waals surface area contributed by atoms with Crippen molar-refractivity contribution in [3.63, 3.8) is 0 Å². The summed E-state index contributed by atoms with van der Waals surface area (Å²) in [5.41, 5.74) is -3.70. The Labute approximate surface area is 148 Å². The van der Waals surface area contributed by atoms with Gasteiger partial charge in [0.15, 0.2) is 5.78 Å². The second-order valence-corrected chi connectivity index (χ2v) is 9.44. The summed E-state index contributed by atoms with van der Waals surface area (Å²) in [4.78, 5) is 12.7. The molecule has 0 amide bonds. The topological polar surface area (TPSA) is 98.0 Å². The van der Waals surface area contributed by atoms with Crippen molar-refractivity contribution < 1.29 is 25.2 Å². The lowest BCUT2D eigenvalue weighted by Gasteiger charge is -2.51. The van der Waals surface area contributed by atoms with Crippen LogP contribution in [0, 0.1) is 29.1 Å². The summed E-state index contributed by atoms with van der Waals surface area (Å²) in [6, 6.07) is 0. The van der Waals surface area contributed by atoms with Crippen LogP contribution in [0.25, 0.3) is 0 Å². The highest BCUT2D eigenvalue weighted by Gasteiger charge is 2.84. The first kappa shape index (κ1) is 17.4. The summed E-state index contributed by atoms with van der Waals surface area (Å²) in [6.07, 6.45) is 2.64. The maximum absolute atomic E-state index is 12.7. The van der Waals surface area contributed by atoms with E-state index < -0.39 is 46.1 Å². The minimum Gasteiger partial charge on any atom is -0.390 e. The van der Waals surface area contributed by atoms with E-state index in [4.69, 9.17) is 0 Å². The van der Waals surface area contributed by atoms with Crippen LogP contribution in [0.5, 0.6) is 0 Å². The monoisotopic (exact) mass is 348 g/mol. The number of hydrogen-bond acceptors (Lipinski definition) is 5. The van der Waals surface area contributed by atoms with Crippen molar-refractivity contribution in [2.75, 3.05) is 0 Å². The van der Waals surface area contributed by atoms with Gasteiger partial charge in [0.1, 0.15) is 11.2 Å². The van der Waals surface area contributed by atoms with Gasteiger partial charge in [-0.05, 0) is 19.4 Å². The van der Waals surface area contributed by atoms with Crippen LogP contribution in [-0.4, -0.2) is 49.1 Å². The molecule has 4 aliphatic rings. The first-order chi connectivity index (χ1) is 11.3. The van der Waals surface area contributed by atoms with Crippen LogP contribution in [0.15, 0.2) is 23.3 Å². The minimum absolute atomic E-state index is 0.164. The number of aliphatic hydroxyl groups excluding tert-OH is 1. The molecule has 0 heterocycles. The van der Waals surface area contributed by atoms with E-state index in [1.54, 1.807) is 19.9 Å². The normalized spacial score (nSPS) is 56.2. The summed E-state index contributed by atoms with van der Waals surface area (Å²) in [7, 11) is 0. The number of carbonyl (C=O) groups excluding carboxylic acids is 1. The third kappa shape index (κ3) is 1.62. The van der Waals surface area contributed by atoms with Crippen LogP contribution < -0.4 is 0 Å². The van der Waals surface area contributed by atoms with E-state index in [0.29, 0.717) is 5.57 Å². The van der Waals surface area contributed by atoms with Crippen LogP contribution >= 0.6 is 0 Å². The largest absolute Gasteiger partial charge is 0.390 e. The fourth-order valence-corrected chi connectivity index (χ4v) is 6.47. The first-order valence-electron chi connectivity index (χ1n) is 9.10. The van der Waals surface area contributed by atoms with Gasteiger partial charge in [-0.25, -0.2) is 0 Å². The summed E-state index contributed by atoms with van der Waals surface area (Å²) in [5.74, 6) is -2.58. The van der Waals surface area contributed by atoms with Gasteiger partial charge < -0.3 is 20.4 Å². The number of aliphatic hydroxyl groups is 4. The van der Waals surface area contributed by atoms with E-state index in [0.717, 1.165) is 5.57 Å². The number of ketones is 1. The highest BCUT2D eigenvalue weighted by molar-refractivity contribution is 6.04. The standard InChI is InChI=1S/C20H28O5/c1-9-6-12-14-17(4,5)20(14,25)16(22)11(3)19(12,24)13-7-10(2)15(21)18(13,23)8-9/h6-7,11-14,16,22-25H,8H2,1-5H3/t11-,12+,13-,14-,16-,18-,19-,20-/m1/s1. The molecule has 2 fully saturated rings. The van der Waals surface area contributed by atoms with E-state index in [9.17, 15) is 25.2 Å². The average molecular weight is 348 g/mol. The predicted octanol–water partition coefficient (Wildman–Crippen LogP) is 0.958. The molecule has 0 spiro atoms. The van der Waals surface area contributed by atoms with Gasteiger partial charge in [-0.15, -0.1) is 0 Å². The fraction of sp³-hybridized carbons (Fsp3) is 0.750. The third-order valence-corrected chi connectivity index (χ3v) is 7.94. The van der Waals surface area contributed by atoms with Crippen LogP contribution in [0.2, 0.25) is 0 Å². The summed E-state index contributed by atoms with van der Waals surface area (Å²) < 4.78 is 0. The molecule has 0 aromatic rings. The summed E-state index contributed by atoms with van der Waals surface area (Å²) in [6.45, 7) is 9.03. The fourth-order valence-electron chi connectivity index (χ4n) is 6.47. The van der Waals surface area contributed by atoms with Crippen LogP contribution in [0.4, 0.5) is 0 Å². The second kappa shape index (κ2) is 4.45. The van der Waals surface area contributed by atoms with Crippen molar-refractivity contribution in [3.05, 3.63) is 23.3 Å². The van der Waals surface area contributed by atoms with E-state index in [1.165, 1.54) is 0 Å². The van der Waals surface area contributed by atoms with E-state index in [1.807, 2.05) is 26.8 Å². The Bertz CT molecular complexity index is 736. The summed E-state index contributed by atoms with van der Waals surface area (Å²) >= 11 is 0. The Hall–Kier alpha value is -1.01. The molecule has 2 saturated carbocycles. The number of rotatable bonds is 0. The molecule has 0 aromatic heterocycles. The molecule has 0 unspecified atom stereocenters. The summed E-state index contributed by atoms with van der Waals surface area (Å²) in [5, 5.41) is 45.1. The van der Waals surface area contributed by atoms with Crippen molar-refractivity contribution in [2.24, 2.45) is 29.1 Å². The van der Waals surface area contributed by atoms with Crippen molar-refractivity contribution in [1.29, 1.82) is 0 Å². The molecular weight excluding hydrogens is 320 g/mol. The third-order valence-electron chi connectivity index (χ3n) is 7.94. The number of fused-ring (bicyclic) bond motifs is 5. The molecule has 5 nitrogen and oxygen atoms in total. The zero-order valence-corrected chi connectivity index (χ0v) is 15.4. The maximum atomic E-state index is 12.7. The smallest absolute Gasteiger partial charge is 0.190 e. The van der Waals surface area contributed by atoms with Gasteiger partial charge in [0, 0.05) is 35.5 Å². The zero-order valence-electron chi connectivity index (χ0n) is 15.4. The lowest BCUT2D eigenvalue weighted by Crippen LogP contribution is -2.65. The molecule has 4 N–H and O–H groups in total. The molecule has 25 heavy (non-hydrogen) atoms. The van der Waals surface area contributed by atoms with Crippen molar-refractivity contribution in [3.8, 4) is 0 Å². The molecule has 0 aromatic carbocycles. The number of Topliss-reactive ketones (excluding diaryl/α,β-unsaturated/α-hetero) is 1. The first-order valence-corrected chi connectivity index (χ1v) is 9.10. The molecule has 4 rings (SSSR count). The SMILES string of the molecule is CC1=C[C@H]2[C@@H]3C(C)(C)[C@]3(O)[C@H](O)[C@@H](C)[C@]2(O)[C@@H]2C=C(C)C(=O)[C@@]2(O)C1. The van der Waals surface area contributed by atoms with Gasteiger partial charge in [0.05, 0.1) is 11.7 Å². The molecule has 0 aliphatic heterocycles. The Kier molecular flexibility index (Phi) is 3.10. The van der Waals surface area contributed by atoms with Gasteiger partial charge in [-0.3, -0.25) is 4.79 Å².